The van der Waals surface area contributed by atoms with Crippen LogP contribution >= 0.6 is 22.9 Å². The lowest BCUT2D eigenvalue weighted by molar-refractivity contribution is -0.146. The topological polar surface area (TPSA) is 67.8 Å². The fourth-order valence-electron chi connectivity index (χ4n) is 2.92. The Morgan fingerprint density at radius 2 is 1.96 bits per heavy atom. The van der Waals surface area contributed by atoms with Crippen molar-refractivity contribution in [2.75, 3.05) is 11.9 Å². The Morgan fingerprint density at radius 1 is 1.29 bits per heavy atom. The highest BCUT2D eigenvalue weighted by Gasteiger charge is 2.31. The van der Waals surface area contributed by atoms with Crippen molar-refractivity contribution in [2.24, 2.45) is 10.9 Å². The van der Waals surface area contributed by atoms with Crippen molar-refractivity contribution in [3.05, 3.63) is 50.9 Å². The minimum Gasteiger partial charge on any atom is -0.465 e. The van der Waals surface area contributed by atoms with E-state index in [9.17, 15) is 9.59 Å². The molecule has 0 spiro atoms. The highest BCUT2D eigenvalue weighted by Crippen LogP contribution is 2.36. The molecular weight excluding hydrogens is 396 g/mol. The third kappa shape index (κ3) is 4.45. The SMILES string of the molecule is Cc1sc2c(c1C)C(c1ccc(Cl)cc1)=N[C@@H](CC(=O)OCC(C)C)C(=O)N2. The van der Waals surface area contributed by atoms with E-state index in [0.29, 0.717) is 17.3 Å². The summed E-state index contributed by atoms with van der Waals surface area (Å²) in [7, 11) is 0. The Balaban J connectivity index is 2.01. The van der Waals surface area contributed by atoms with Crippen LogP contribution in [0.25, 0.3) is 0 Å². The minimum absolute atomic E-state index is 0.0946. The standard InChI is InChI=1S/C21H23ClN2O3S/c1-11(2)10-27-17(25)9-16-20(26)24-21-18(12(3)13(4)28-21)19(23-16)14-5-7-15(22)8-6-14/h5-8,11,16H,9-10H2,1-4H3,(H,24,26)/t16-/m0/s1. The minimum atomic E-state index is -0.843. The Hall–Kier alpha value is -2.18. The number of hydrogen-bond donors (Lipinski definition) is 1. The van der Waals surface area contributed by atoms with Gasteiger partial charge < -0.3 is 10.1 Å². The molecule has 0 saturated heterocycles. The molecule has 0 bridgehead atoms. The van der Waals surface area contributed by atoms with E-state index in [-0.39, 0.29) is 18.2 Å². The molecule has 1 amide bonds. The zero-order chi connectivity index (χ0) is 20.4. The third-order valence-corrected chi connectivity index (χ3v) is 5.88. The first kappa shape index (κ1) is 20.6. The second-order valence-corrected chi connectivity index (χ2v) is 8.92. The summed E-state index contributed by atoms with van der Waals surface area (Å²) in [5.41, 5.74) is 3.50. The second-order valence-electron chi connectivity index (χ2n) is 7.26. The maximum absolute atomic E-state index is 12.8. The number of rotatable bonds is 5. The summed E-state index contributed by atoms with van der Waals surface area (Å²) in [6, 6.07) is 6.49. The molecule has 5 nitrogen and oxygen atoms in total. The monoisotopic (exact) mass is 418 g/mol. The molecule has 3 rings (SSSR count). The molecule has 0 fully saturated rings. The number of aliphatic imine (C=N–C) groups is 1. The number of carbonyl (C=O) groups excluding carboxylic acids is 2. The maximum Gasteiger partial charge on any atom is 0.308 e. The number of thiophene rings is 1. The van der Waals surface area contributed by atoms with Gasteiger partial charge in [0.1, 0.15) is 11.0 Å². The number of nitrogens with one attached hydrogen (secondary N) is 1. The summed E-state index contributed by atoms with van der Waals surface area (Å²) < 4.78 is 5.25. The van der Waals surface area contributed by atoms with Crippen LogP contribution in [0.5, 0.6) is 0 Å². The number of aryl methyl sites for hydroxylation is 1. The molecule has 2 heterocycles. The molecule has 0 saturated carbocycles. The number of amides is 1. The molecule has 1 aliphatic heterocycles. The van der Waals surface area contributed by atoms with E-state index in [1.54, 1.807) is 12.1 Å². The van der Waals surface area contributed by atoms with Crippen LogP contribution < -0.4 is 5.32 Å². The lowest BCUT2D eigenvalue weighted by Gasteiger charge is -2.12. The molecule has 1 aromatic carbocycles. The first-order chi connectivity index (χ1) is 13.3. The molecule has 0 unspecified atom stereocenters. The van der Waals surface area contributed by atoms with Crippen molar-refractivity contribution < 1.29 is 14.3 Å². The number of halogens is 1. The third-order valence-electron chi connectivity index (χ3n) is 4.50. The largest absolute Gasteiger partial charge is 0.465 e. The van der Waals surface area contributed by atoms with Crippen LogP contribution in [0.15, 0.2) is 29.3 Å². The summed E-state index contributed by atoms with van der Waals surface area (Å²) in [6.45, 7) is 8.28. The number of benzene rings is 1. The van der Waals surface area contributed by atoms with Crippen LogP contribution in [0.4, 0.5) is 5.00 Å². The van der Waals surface area contributed by atoms with Crippen molar-refractivity contribution in [3.8, 4) is 0 Å². The average Bonchev–Trinajstić information content (AvgIpc) is 2.83. The molecule has 1 N–H and O–H groups in total. The first-order valence-corrected chi connectivity index (χ1v) is 10.4. The molecular formula is C21H23ClN2O3S. The van der Waals surface area contributed by atoms with Gasteiger partial charge in [0.15, 0.2) is 0 Å². The Bertz CT molecular complexity index is 932. The smallest absolute Gasteiger partial charge is 0.308 e. The lowest BCUT2D eigenvalue weighted by atomic mass is 10.00. The number of fused-ring (bicyclic) bond motifs is 1. The van der Waals surface area contributed by atoms with Gasteiger partial charge >= 0.3 is 5.97 Å². The van der Waals surface area contributed by atoms with Crippen LogP contribution in [-0.2, 0) is 14.3 Å². The van der Waals surface area contributed by atoms with Gasteiger partial charge in [-0.25, -0.2) is 0 Å². The van der Waals surface area contributed by atoms with Crippen LogP contribution in [-0.4, -0.2) is 30.2 Å². The van der Waals surface area contributed by atoms with Crippen molar-refractivity contribution in [2.45, 2.75) is 40.2 Å². The van der Waals surface area contributed by atoms with E-state index in [2.05, 4.69) is 5.32 Å². The van der Waals surface area contributed by atoms with Gasteiger partial charge in [0.25, 0.3) is 0 Å². The molecule has 0 radical (unpaired) electrons. The molecule has 148 valence electrons. The summed E-state index contributed by atoms with van der Waals surface area (Å²) >= 11 is 7.55. The van der Waals surface area contributed by atoms with E-state index in [4.69, 9.17) is 21.3 Å². The molecule has 0 aliphatic carbocycles. The lowest BCUT2D eigenvalue weighted by Crippen LogP contribution is -2.29. The van der Waals surface area contributed by atoms with Gasteiger partial charge in [-0.15, -0.1) is 11.3 Å². The van der Waals surface area contributed by atoms with E-state index >= 15 is 0 Å². The number of anilines is 1. The first-order valence-electron chi connectivity index (χ1n) is 9.16. The van der Waals surface area contributed by atoms with Gasteiger partial charge in [-0.05, 0) is 37.5 Å². The van der Waals surface area contributed by atoms with E-state index in [0.717, 1.165) is 26.6 Å². The van der Waals surface area contributed by atoms with Crippen molar-refractivity contribution >= 4 is 45.5 Å². The molecule has 1 aliphatic rings. The molecule has 2 aromatic rings. The normalized spacial score (nSPS) is 16.3. The summed E-state index contributed by atoms with van der Waals surface area (Å²) in [5, 5.41) is 4.33. The van der Waals surface area contributed by atoms with Gasteiger partial charge in [0.05, 0.1) is 18.7 Å². The van der Waals surface area contributed by atoms with E-state index < -0.39 is 12.0 Å². The second kappa shape index (κ2) is 8.45. The summed E-state index contributed by atoms with van der Waals surface area (Å²) in [5.74, 6) is -0.489. The quantitative estimate of drug-likeness (QED) is 0.711. The maximum atomic E-state index is 12.8. The Morgan fingerprint density at radius 3 is 2.61 bits per heavy atom. The van der Waals surface area contributed by atoms with Crippen LogP contribution in [0.3, 0.4) is 0 Å². The molecule has 7 heteroatoms. The van der Waals surface area contributed by atoms with Crippen molar-refractivity contribution in [1.82, 2.24) is 0 Å². The Kier molecular flexibility index (Phi) is 6.20. The van der Waals surface area contributed by atoms with Gasteiger partial charge in [-0.2, -0.15) is 0 Å². The van der Waals surface area contributed by atoms with Gasteiger partial charge in [-0.3, -0.25) is 14.6 Å². The molecule has 1 atom stereocenters. The molecule has 28 heavy (non-hydrogen) atoms. The number of hydrogen-bond acceptors (Lipinski definition) is 5. The van der Waals surface area contributed by atoms with Crippen LogP contribution in [0, 0.1) is 19.8 Å². The van der Waals surface area contributed by atoms with E-state index in [1.807, 2.05) is 39.8 Å². The van der Waals surface area contributed by atoms with Gasteiger partial charge in [0.2, 0.25) is 5.91 Å². The predicted molar refractivity (Wildman–Crippen MR) is 114 cm³/mol. The van der Waals surface area contributed by atoms with Crippen LogP contribution in [0.1, 0.15) is 41.8 Å². The summed E-state index contributed by atoms with van der Waals surface area (Å²) in [4.78, 5) is 30.8. The van der Waals surface area contributed by atoms with Gasteiger partial charge in [-0.1, -0.05) is 37.6 Å². The highest BCUT2D eigenvalue weighted by molar-refractivity contribution is 7.17. The zero-order valence-corrected chi connectivity index (χ0v) is 17.9. The van der Waals surface area contributed by atoms with E-state index in [1.165, 1.54) is 11.3 Å². The van der Waals surface area contributed by atoms with Crippen molar-refractivity contribution in [3.63, 3.8) is 0 Å². The van der Waals surface area contributed by atoms with Gasteiger partial charge in [0, 0.05) is 21.0 Å². The average molecular weight is 419 g/mol. The number of nitrogens with zero attached hydrogens (tertiary/aromatic N) is 1. The number of ether oxygens (including phenoxy) is 1. The van der Waals surface area contributed by atoms with Crippen LogP contribution in [0.2, 0.25) is 5.02 Å². The number of carbonyl (C=O) groups is 2. The molecule has 1 aromatic heterocycles. The van der Waals surface area contributed by atoms with Crippen molar-refractivity contribution in [1.29, 1.82) is 0 Å². The Labute approximate surface area is 173 Å². The summed E-state index contributed by atoms with van der Waals surface area (Å²) in [6.07, 6.45) is -0.0946. The number of esters is 1. The fourth-order valence-corrected chi connectivity index (χ4v) is 4.11. The highest BCUT2D eigenvalue weighted by atomic mass is 35.5. The fraction of sp³-hybridized carbons (Fsp3) is 0.381. The predicted octanol–water partition coefficient (Wildman–Crippen LogP) is 4.77. The zero-order valence-electron chi connectivity index (χ0n) is 16.3.